The number of hydrogen-bond donors (Lipinski definition) is 0. The zero-order valence-corrected chi connectivity index (χ0v) is 18.2. The van der Waals surface area contributed by atoms with E-state index >= 15 is 0 Å². The van der Waals surface area contributed by atoms with Crippen LogP contribution in [0.25, 0.3) is 5.57 Å². The molecule has 2 aliphatic heterocycles. The number of hydrogen-bond acceptors (Lipinski definition) is 6. The van der Waals surface area contributed by atoms with E-state index in [0.717, 1.165) is 25.3 Å². The molecule has 160 valence electrons. The Morgan fingerprint density at radius 1 is 1.07 bits per heavy atom. The second-order valence-electron chi connectivity index (χ2n) is 8.70. The lowest BCUT2D eigenvalue weighted by molar-refractivity contribution is -0.304. The molecule has 1 aromatic carbocycles. The molecule has 3 aliphatic rings. The molecule has 0 spiro atoms. The molecule has 6 heteroatoms. The molecule has 1 fully saturated rings. The molecule has 6 nitrogen and oxygen atoms in total. The Labute approximate surface area is 178 Å². The zero-order valence-electron chi connectivity index (χ0n) is 18.2. The number of benzene rings is 1. The third-order valence-electron chi connectivity index (χ3n) is 6.82. The Hall–Kier alpha value is -2.44. The van der Waals surface area contributed by atoms with Crippen LogP contribution in [0.1, 0.15) is 44.2 Å². The maximum absolute atomic E-state index is 12.6. The molecular weight excluding hydrogens is 380 g/mol. The highest BCUT2D eigenvalue weighted by molar-refractivity contribution is 5.92. The van der Waals surface area contributed by atoms with Crippen molar-refractivity contribution in [2.24, 2.45) is 5.92 Å². The molecule has 3 atom stereocenters. The van der Waals surface area contributed by atoms with E-state index in [9.17, 15) is 9.59 Å². The van der Waals surface area contributed by atoms with Gasteiger partial charge in [0, 0.05) is 37.1 Å². The number of fused-ring (bicyclic) bond motifs is 2. The highest BCUT2D eigenvalue weighted by atomic mass is 16.7. The minimum absolute atomic E-state index is 0.165. The van der Waals surface area contributed by atoms with Crippen molar-refractivity contribution in [3.05, 3.63) is 53.1 Å². The molecular formula is C24H30N2O4. The number of rotatable bonds is 4. The normalized spacial score (nSPS) is 27.5. The summed E-state index contributed by atoms with van der Waals surface area (Å²) in [7, 11) is 4.16. The van der Waals surface area contributed by atoms with Crippen LogP contribution in [0.5, 0.6) is 0 Å². The van der Waals surface area contributed by atoms with E-state index in [1.165, 1.54) is 28.3 Å². The first-order valence-electron chi connectivity index (χ1n) is 10.7. The quantitative estimate of drug-likeness (QED) is 0.710. The topological polar surface area (TPSA) is 59.1 Å². The standard InChI is InChI=1S/C24H30N2O4/c1-16(23-19-10-6-5-9-18(19)15-20(23)17(2)25(3)4)24-13-7-8-14-26(24)30-22(28)12-11-21(27)29-24/h5-6,9-12,16-17H,7-8,13-15H2,1-4H3/b12-11-. The van der Waals surface area contributed by atoms with Gasteiger partial charge in [-0.1, -0.05) is 36.3 Å². The summed E-state index contributed by atoms with van der Waals surface area (Å²) in [4.78, 5) is 32.6. The molecule has 30 heavy (non-hydrogen) atoms. The largest absolute Gasteiger partial charge is 0.437 e. The Morgan fingerprint density at radius 3 is 2.57 bits per heavy atom. The van der Waals surface area contributed by atoms with Crippen molar-refractivity contribution in [1.82, 2.24) is 9.96 Å². The van der Waals surface area contributed by atoms with Crippen LogP contribution in [0, 0.1) is 5.92 Å². The molecule has 2 heterocycles. The van der Waals surface area contributed by atoms with Crippen molar-refractivity contribution in [3.8, 4) is 0 Å². The first-order chi connectivity index (χ1) is 14.3. The number of carbonyl (C=O) groups is 2. The van der Waals surface area contributed by atoms with Crippen LogP contribution >= 0.6 is 0 Å². The van der Waals surface area contributed by atoms with Gasteiger partial charge in [-0.2, -0.15) is 0 Å². The molecule has 0 aromatic heterocycles. The Bertz CT molecular complexity index is 920. The van der Waals surface area contributed by atoms with Gasteiger partial charge in [0.15, 0.2) is 0 Å². The Kier molecular flexibility index (Phi) is 5.55. The highest BCUT2D eigenvalue weighted by Crippen LogP contribution is 2.48. The Morgan fingerprint density at radius 2 is 1.80 bits per heavy atom. The van der Waals surface area contributed by atoms with Crippen LogP contribution in [0.4, 0.5) is 0 Å². The second kappa shape index (κ2) is 8.00. The minimum Gasteiger partial charge on any atom is -0.437 e. The molecule has 1 aromatic rings. The Balaban J connectivity index is 1.85. The van der Waals surface area contributed by atoms with Crippen LogP contribution in [0.15, 0.2) is 42.0 Å². The summed E-state index contributed by atoms with van der Waals surface area (Å²) in [6.07, 6.45) is 5.59. The number of esters is 1. The van der Waals surface area contributed by atoms with Crippen LogP contribution in [-0.2, 0) is 25.6 Å². The molecule has 0 radical (unpaired) electrons. The first-order valence-corrected chi connectivity index (χ1v) is 10.7. The van der Waals surface area contributed by atoms with Gasteiger partial charge >= 0.3 is 11.9 Å². The highest BCUT2D eigenvalue weighted by Gasteiger charge is 2.52. The van der Waals surface area contributed by atoms with Gasteiger partial charge in [-0.25, -0.2) is 9.59 Å². The lowest BCUT2D eigenvalue weighted by atomic mass is 9.79. The fraction of sp³-hybridized carbons (Fsp3) is 0.500. The van der Waals surface area contributed by atoms with Crippen molar-refractivity contribution in [3.63, 3.8) is 0 Å². The van der Waals surface area contributed by atoms with Gasteiger partial charge in [0.05, 0.1) is 0 Å². The average molecular weight is 411 g/mol. The van der Waals surface area contributed by atoms with Crippen molar-refractivity contribution in [1.29, 1.82) is 0 Å². The monoisotopic (exact) mass is 410 g/mol. The van der Waals surface area contributed by atoms with E-state index in [1.54, 1.807) is 5.06 Å². The molecule has 0 N–H and O–H groups in total. The van der Waals surface area contributed by atoms with Crippen molar-refractivity contribution >= 4 is 17.5 Å². The number of carbonyl (C=O) groups excluding carboxylic acids is 2. The summed E-state index contributed by atoms with van der Waals surface area (Å²) in [5.41, 5.74) is 4.00. The molecule has 1 aliphatic carbocycles. The summed E-state index contributed by atoms with van der Waals surface area (Å²) in [6, 6.07) is 8.67. The minimum atomic E-state index is -1.01. The maximum Gasteiger partial charge on any atom is 0.350 e. The van der Waals surface area contributed by atoms with E-state index in [-0.39, 0.29) is 12.0 Å². The number of hydroxylamine groups is 2. The van der Waals surface area contributed by atoms with E-state index in [0.29, 0.717) is 13.0 Å². The summed E-state index contributed by atoms with van der Waals surface area (Å²) in [5, 5.41) is 1.62. The summed E-state index contributed by atoms with van der Waals surface area (Å²) < 4.78 is 6.08. The smallest absolute Gasteiger partial charge is 0.350 e. The molecule has 0 bridgehead atoms. The molecule has 0 amide bonds. The lowest BCUT2D eigenvalue weighted by Crippen LogP contribution is -2.59. The average Bonchev–Trinajstić information content (AvgIpc) is 3.10. The van der Waals surface area contributed by atoms with Crippen molar-refractivity contribution in [2.45, 2.75) is 51.3 Å². The van der Waals surface area contributed by atoms with Crippen LogP contribution in [0.2, 0.25) is 0 Å². The van der Waals surface area contributed by atoms with E-state index in [1.807, 2.05) is 0 Å². The van der Waals surface area contributed by atoms with Gasteiger partial charge in [0.25, 0.3) is 0 Å². The van der Waals surface area contributed by atoms with Crippen molar-refractivity contribution in [2.75, 3.05) is 20.6 Å². The number of likely N-dealkylation sites (N-methyl/N-ethyl adjacent to an activating group) is 1. The summed E-state index contributed by atoms with van der Waals surface area (Å²) in [6.45, 7) is 4.85. The maximum atomic E-state index is 12.6. The van der Waals surface area contributed by atoms with E-state index in [2.05, 4.69) is 57.1 Å². The van der Waals surface area contributed by atoms with Crippen LogP contribution in [-0.4, -0.2) is 54.3 Å². The summed E-state index contributed by atoms with van der Waals surface area (Å²) >= 11 is 0. The van der Waals surface area contributed by atoms with Crippen molar-refractivity contribution < 1.29 is 19.2 Å². The lowest BCUT2D eigenvalue weighted by Gasteiger charge is -2.48. The second-order valence-corrected chi connectivity index (χ2v) is 8.70. The number of piperidine rings is 1. The molecule has 3 unspecified atom stereocenters. The van der Waals surface area contributed by atoms with Crippen LogP contribution < -0.4 is 0 Å². The fourth-order valence-electron chi connectivity index (χ4n) is 5.01. The SMILES string of the molecule is CC(C1=C(C(C)C23CCCCN2OC(=O)/C=C\C(=O)O3)c2ccccc2C1)N(C)C. The van der Waals surface area contributed by atoms with Gasteiger partial charge in [0.1, 0.15) is 0 Å². The van der Waals surface area contributed by atoms with Crippen LogP contribution in [0.3, 0.4) is 0 Å². The van der Waals surface area contributed by atoms with E-state index in [4.69, 9.17) is 9.57 Å². The first kappa shape index (κ1) is 20.8. The van der Waals surface area contributed by atoms with Gasteiger partial charge in [-0.05, 0) is 62.6 Å². The molecule has 1 saturated heterocycles. The predicted molar refractivity (Wildman–Crippen MR) is 114 cm³/mol. The van der Waals surface area contributed by atoms with E-state index < -0.39 is 17.7 Å². The third-order valence-corrected chi connectivity index (χ3v) is 6.82. The third kappa shape index (κ3) is 3.48. The zero-order chi connectivity index (χ0) is 21.5. The van der Waals surface area contributed by atoms with Gasteiger partial charge < -0.3 is 14.5 Å². The summed E-state index contributed by atoms with van der Waals surface area (Å²) in [5.74, 6) is -1.20. The number of ether oxygens (including phenoxy) is 1. The van der Waals surface area contributed by atoms with Gasteiger partial charge in [-0.3, -0.25) is 0 Å². The number of nitrogens with zero attached hydrogens (tertiary/aromatic N) is 2. The molecule has 4 rings (SSSR count). The fourth-order valence-corrected chi connectivity index (χ4v) is 5.01. The predicted octanol–water partition coefficient (Wildman–Crippen LogP) is 3.34. The van der Waals surface area contributed by atoms with Gasteiger partial charge in [0.2, 0.25) is 5.72 Å². The van der Waals surface area contributed by atoms with Gasteiger partial charge in [-0.15, -0.1) is 0 Å². The molecule has 0 saturated carbocycles.